The first-order valence-electron chi connectivity index (χ1n) is 5.67. The van der Waals surface area contributed by atoms with Crippen LogP contribution >= 0.6 is 0 Å². The minimum Gasteiger partial charge on any atom is -0.422 e. The minimum atomic E-state index is -0.410. The van der Waals surface area contributed by atoms with Gasteiger partial charge in [0.15, 0.2) is 11.5 Å². The number of rotatable bonds is 0. The van der Waals surface area contributed by atoms with Crippen LogP contribution in [0.2, 0.25) is 0 Å². The molecule has 0 bridgehead atoms. The SMILES string of the molecule is O=C1CCC(=O)Oc2c(cc3cccccc2-3)O1. The zero-order valence-corrected chi connectivity index (χ0v) is 9.51. The highest BCUT2D eigenvalue weighted by Crippen LogP contribution is 2.44. The van der Waals surface area contributed by atoms with Crippen molar-refractivity contribution < 1.29 is 19.1 Å². The van der Waals surface area contributed by atoms with E-state index in [0.717, 1.165) is 11.1 Å². The Hall–Kier alpha value is -2.36. The number of hydrogen-bond acceptors (Lipinski definition) is 4. The number of carbonyl (C=O) groups is 2. The molecule has 3 rings (SSSR count). The fourth-order valence-electron chi connectivity index (χ4n) is 1.96. The molecule has 0 saturated carbocycles. The van der Waals surface area contributed by atoms with Crippen LogP contribution in [0.15, 0.2) is 36.4 Å². The maximum Gasteiger partial charge on any atom is 0.311 e. The van der Waals surface area contributed by atoms with Gasteiger partial charge in [-0.2, -0.15) is 0 Å². The average molecular weight is 242 g/mol. The van der Waals surface area contributed by atoms with Crippen molar-refractivity contribution in [2.75, 3.05) is 0 Å². The van der Waals surface area contributed by atoms with Gasteiger partial charge in [-0.05, 0) is 11.6 Å². The smallest absolute Gasteiger partial charge is 0.311 e. The first kappa shape index (κ1) is 10.8. The van der Waals surface area contributed by atoms with Crippen molar-refractivity contribution in [1.82, 2.24) is 0 Å². The molecule has 1 aliphatic heterocycles. The lowest BCUT2D eigenvalue weighted by molar-refractivity contribution is -0.142. The second-order valence-corrected chi connectivity index (χ2v) is 4.07. The Labute approximate surface area is 103 Å². The van der Waals surface area contributed by atoms with Crippen LogP contribution < -0.4 is 9.47 Å². The van der Waals surface area contributed by atoms with Crippen LogP contribution in [0.3, 0.4) is 0 Å². The second kappa shape index (κ2) is 4.14. The van der Waals surface area contributed by atoms with Gasteiger partial charge < -0.3 is 9.47 Å². The lowest BCUT2D eigenvalue weighted by Gasteiger charge is -2.11. The van der Waals surface area contributed by atoms with Crippen molar-refractivity contribution >= 4 is 11.9 Å². The molecule has 0 aromatic carbocycles. The fourth-order valence-corrected chi connectivity index (χ4v) is 1.96. The van der Waals surface area contributed by atoms with Gasteiger partial charge in [-0.3, -0.25) is 9.59 Å². The van der Waals surface area contributed by atoms with Gasteiger partial charge in [-0.1, -0.05) is 30.3 Å². The van der Waals surface area contributed by atoms with E-state index in [2.05, 4.69) is 0 Å². The van der Waals surface area contributed by atoms with Crippen molar-refractivity contribution in [1.29, 1.82) is 0 Å². The summed E-state index contributed by atoms with van der Waals surface area (Å²) < 4.78 is 10.4. The number of ether oxygens (including phenoxy) is 2. The van der Waals surface area contributed by atoms with Gasteiger partial charge in [0, 0.05) is 5.56 Å². The number of fused-ring (bicyclic) bond motifs is 3. The molecular weight excluding hydrogens is 232 g/mol. The molecule has 2 aliphatic carbocycles. The van der Waals surface area contributed by atoms with E-state index in [4.69, 9.17) is 9.47 Å². The maximum absolute atomic E-state index is 11.5. The van der Waals surface area contributed by atoms with Crippen molar-refractivity contribution in [2.45, 2.75) is 12.8 Å². The van der Waals surface area contributed by atoms with Gasteiger partial charge in [0.2, 0.25) is 0 Å². The van der Waals surface area contributed by atoms with Crippen molar-refractivity contribution in [2.24, 2.45) is 0 Å². The number of hydrogen-bond donors (Lipinski definition) is 0. The quantitative estimate of drug-likeness (QED) is 0.665. The number of carbonyl (C=O) groups excluding carboxylic acids is 2. The molecule has 0 unspecified atom stereocenters. The maximum atomic E-state index is 11.5. The summed E-state index contributed by atoms with van der Waals surface area (Å²) in [6, 6.07) is 11.0. The second-order valence-electron chi connectivity index (χ2n) is 4.07. The van der Waals surface area contributed by atoms with Gasteiger partial charge in [0.05, 0.1) is 12.8 Å². The molecule has 0 amide bonds. The molecule has 0 atom stereocenters. The summed E-state index contributed by atoms with van der Waals surface area (Å²) in [4.78, 5) is 23.0. The Kier molecular flexibility index (Phi) is 2.48. The van der Waals surface area contributed by atoms with E-state index in [0.29, 0.717) is 11.5 Å². The Morgan fingerprint density at radius 3 is 2.44 bits per heavy atom. The minimum absolute atomic E-state index is 0.0455. The molecule has 0 N–H and O–H groups in total. The van der Waals surface area contributed by atoms with Crippen LogP contribution in [0.25, 0.3) is 11.1 Å². The highest BCUT2D eigenvalue weighted by Gasteiger charge is 2.25. The highest BCUT2D eigenvalue weighted by molar-refractivity contribution is 5.89. The standard InChI is InChI=1S/C14H10O4/c15-12-6-7-13(16)18-14-10-5-3-1-2-4-9(10)8-11(14)17-12/h1-5,8H,6-7H2. The molecule has 0 saturated heterocycles. The van der Waals surface area contributed by atoms with Crippen molar-refractivity contribution in [3.63, 3.8) is 0 Å². The molecule has 3 aliphatic rings. The third-order valence-corrected chi connectivity index (χ3v) is 2.80. The summed E-state index contributed by atoms with van der Waals surface area (Å²) in [5.41, 5.74) is 1.63. The van der Waals surface area contributed by atoms with E-state index >= 15 is 0 Å². The summed E-state index contributed by atoms with van der Waals surface area (Å²) in [5, 5.41) is 0. The Morgan fingerprint density at radius 1 is 0.889 bits per heavy atom. The topological polar surface area (TPSA) is 52.6 Å². The summed E-state index contributed by atoms with van der Waals surface area (Å²) in [6.45, 7) is 0. The normalized spacial score (nSPS) is 15.3. The first-order valence-corrected chi connectivity index (χ1v) is 5.67. The molecule has 90 valence electrons. The van der Waals surface area contributed by atoms with Gasteiger partial charge in [-0.15, -0.1) is 0 Å². The molecule has 1 heterocycles. The zero-order valence-electron chi connectivity index (χ0n) is 9.51. The summed E-state index contributed by atoms with van der Waals surface area (Å²) in [5.74, 6) is -0.173. The average Bonchev–Trinajstić information content (AvgIpc) is 2.53. The van der Waals surface area contributed by atoms with Gasteiger partial charge >= 0.3 is 11.9 Å². The molecule has 0 aromatic rings. The molecule has 0 aromatic heterocycles. The van der Waals surface area contributed by atoms with E-state index < -0.39 is 11.9 Å². The highest BCUT2D eigenvalue weighted by atomic mass is 16.6. The van der Waals surface area contributed by atoms with Crippen molar-refractivity contribution in [3.8, 4) is 22.6 Å². The molecule has 0 spiro atoms. The Balaban J connectivity index is 2.18. The predicted molar refractivity (Wildman–Crippen MR) is 63.6 cm³/mol. The van der Waals surface area contributed by atoms with Crippen molar-refractivity contribution in [3.05, 3.63) is 36.4 Å². The van der Waals surface area contributed by atoms with E-state index in [1.165, 1.54) is 0 Å². The Bertz CT molecular complexity index is 603. The van der Waals surface area contributed by atoms with Crippen LogP contribution in [0.4, 0.5) is 0 Å². The molecule has 0 radical (unpaired) electrons. The van der Waals surface area contributed by atoms with Crippen LogP contribution in [-0.2, 0) is 9.59 Å². The van der Waals surface area contributed by atoms with Crippen LogP contribution in [-0.4, -0.2) is 11.9 Å². The summed E-state index contributed by atoms with van der Waals surface area (Å²) in [6.07, 6.45) is 0.0947. The largest absolute Gasteiger partial charge is 0.422 e. The summed E-state index contributed by atoms with van der Waals surface area (Å²) in [7, 11) is 0. The molecule has 0 fully saturated rings. The van der Waals surface area contributed by atoms with Crippen LogP contribution in [0, 0.1) is 0 Å². The third-order valence-electron chi connectivity index (χ3n) is 2.80. The molecular formula is C14H10O4. The van der Waals surface area contributed by atoms with E-state index in [1.54, 1.807) is 6.07 Å². The van der Waals surface area contributed by atoms with Crippen LogP contribution in [0.5, 0.6) is 11.5 Å². The van der Waals surface area contributed by atoms with Crippen LogP contribution in [0.1, 0.15) is 12.8 Å². The fraction of sp³-hybridized carbons (Fsp3) is 0.143. The lowest BCUT2D eigenvalue weighted by atomic mass is 10.2. The van der Waals surface area contributed by atoms with E-state index in [-0.39, 0.29) is 12.8 Å². The third kappa shape index (κ3) is 1.82. The molecule has 18 heavy (non-hydrogen) atoms. The van der Waals surface area contributed by atoms with E-state index in [1.807, 2.05) is 30.3 Å². The lowest BCUT2D eigenvalue weighted by Crippen LogP contribution is -2.17. The molecule has 4 nitrogen and oxygen atoms in total. The van der Waals surface area contributed by atoms with E-state index in [9.17, 15) is 9.59 Å². The molecule has 4 heteroatoms. The van der Waals surface area contributed by atoms with Gasteiger partial charge in [0.1, 0.15) is 0 Å². The Morgan fingerprint density at radius 2 is 1.61 bits per heavy atom. The zero-order chi connectivity index (χ0) is 12.5. The first-order chi connectivity index (χ1) is 8.74. The summed E-state index contributed by atoms with van der Waals surface area (Å²) >= 11 is 0. The van der Waals surface area contributed by atoms with Gasteiger partial charge in [-0.25, -0.2) is 0 Å². The predicted octanol–water partition coefficient (Wildman–Crippen LogP) is 2.40. The monoisotopic (exact) mass is 242 g/mol. The van der Waals surface area contributed by atoms with Gasteiger partial charge in [0.25, 0.3) is 0 Å². The number of esters is 2.